The lowest BCUT2D eigenvalue weighted by Gasteiger charge is -2.26. The molecule has 0 bridgehead atoms. The van der Waals surface area contributed by atoms with Crippen LogP contribution in [0.4, 0.5) is 0 Å². The summed E-state index contributed by atoms with van der Waals surface area (Å²) in [7, 11) is 0. The Bertz CT molecular complexity index is 481. The van der Waals surface area contributed by atoms with Gasteiger partial charge in [0.2, 0.25) is 5.91 Å². The lowest BCUT2D eigenvalue weighted by molar-refractivity contribution is -0.123. The van der Waals surface area contributed by atoms with E-state index in [1.807, 2.05) is 0 Å². The summed E-state index contributed by atoms with van der Waals surface area (Å²) < 4.78 is 6.06. The molecule has 1 saturated heterocycles. The minimum absolute atomic E-state index is 0.106. The number of piperazine rings is 1. The van der Waals surface area contributed by atoms with Crippen LogP contribution >= 0.6 is 15.9 Å². The highest BCUT2D eigenvalue weighted by atomic mass is 79.9. The van der Waals surface area contributed by atoms with Gasteiger partial charge in [0.25, 0.3) is 5.91 Å². The normalized spacial score (nSPS) is 15.9. The number of hydrogen-bond donors (Lipinski definition) is 1. The maximum Gasteiger partial charge on any atom is 0.259 e. The lowest BCUT2D eigenvalue weighted by Crippen LogP contribution is -2.50. The van der Waals surface area contributed by atoms with Gasteiger partial charge in [-0.1, -0.05) is 0 Å². The molecule has 0 radical (unpaired) electrons. The molecule has 6 heteroatoms. The third-order valence-electron chi connectivity index (χ3n) is 2.73. The van der Waals surface area contributed by atoms with Gasteiger partial charge < -0.3 is 14.6 Å². The van der Waals surface area contributed by atoms with Gasteiger partial charge in [0.1, 0.15) is 11.5 Å². The fraction of sp³-hybridized carbons (Fsp3) is 0.455. The molecule has 0 aromatic carbocycles. The molecule has 0 spiro atoms. The van der Waals surface area contributed by atoms with E-state index in [0.717, 1.165) is 0 Å². The highest BCUT2D eigenvalue weighted by molar-refractivity contribution is 9.10. The third-order valence-corrected chi connectivity index (χ3v) is 3.68. The largest absolute Gasteiger partial charge is 0.465 e. The van der Waals surface area contributed by atoms with Crippen LogP contribution in [0.2, 0.25) is 0 Å². The van der Waals surface area contributed by atoms with E-state index in [1.54, 1.807) is 13.8 Å². The topological polar surface area (TPSA) is 62.6 Å². The number of carbonyl (C=O) groups excluding carboxylic acids is 2. The van der Waals surface area contributed by atoms with Crippen molar-refractivity contribution in [3.63, 3.8) is 0 Å². The maximum atomic E-state index is 12.3. The van der Waals surface area contributed by atoms with Crippen molar-refractivity contribution in [1.82, 2.24) is 10.2 Å². The summed E-state index contributed by atoms with van der Waals surface area (Å²) in [5, 5.41) is 2.68. The Morgan fingerprint density at radius 3 is 2.65 bits per heavy atom. The summed E-state index contributed by atoms with van der Waals surface area (Å²) in [4.78, 5) is 25.0. The number of hydrogen-bond acceptors (Lipinski definition) is 3. The number of halogens is 1. The summed E-state index contributed by atoms with van der Waals surface area (Å²) in [5.74, 6) is 0.956. The first-order chi connectivity index (χ1) is 8.00. The first-order valence-corrected chi connectivity index (χ1v) is 6.11. The van der Waals surface area contributed by atoms with E-state index in [9.17, 15) is 9.59 Å². The van der Waals surface area contributed by atoms with E-state index in [-0.39, 0.29) is 18.4 Å². The summed E-state index contributed by atoms with van der Waals surface area (Å²) in [6.07, 6.45) is 0. The Morgan fingerprint density at radius 2 is 2.12 bits per heavy atom. The van der Waals surface area contributed by atoms with E-state index < -0.39 is 0 Å². The van der Waals surface area contributed by atoms with Gasteiger partial charge in [0, 0.05) is 13.1 Å². The predicted molar refractivity (Wildman–Crippen MR) is 64.8 cm³/mol. The molecule has 1 aliphatic heterocycles. The number of aryl methyl sites for hydroxylation is 2. The van der Waals surface area contributed by atoms with Crippen LogP contribution in [0.25, 0.3) is 0 Å². The highest BCUT2D eigenvalue weighted by Gasteiger charge is 2.27. The summed E-state index contributed by atoms with van der Waals surface area (Å²) in [6, 6.07) is 0. The second-order valence-corrected chi connectivity index (χ2v) is 4.77. The Balaban J connectivity index is 2.27. The highest BCUT2D eigenvalue weighted by Crippen LogP contribution is 2.28. The molecule has 1 N–H and O–H groups in total. The molecule has 5 nitrogen and oxygen atoms in total. The molecule has 2 amide bonds. The average molecular weight is 301 g/mol. The van der Waals surface area contributed by atoms with Gasteiger partial charge in [0.05, 0.1) is 16.6 Å². The van der Waals surface area contributed by atoms with E-state index in [2.05, 4.69) is 21.2 Å². The van der Waals surface area contributed by atoms with Crippen LogP contribution in [0.15, 0.2) is 8.89 Å². The predicted octanol–water partition coefficient (Wildman–Crippen LogP) is 1.23. The second-order valence-electron chi connectivity index (χ2n) is 3.98. The van der Waals surface area contributed by atoms with E-state index in [0.29, 0.717) is 34.6 Å². The van der Waals surface area contributed by atoms with Crippen LogP contribution in [0.5, 0.6) is 0 Å². The quantitative estimate of drug-likeness (QED) is 0.848. The zero-order valence-electron chi connectivity index (χ0n) is 9.67. The number of nitrogens with zero attached hydrogens (tertiary/aromatic N) is 1. The van der Waals surface area contributed by atoms with E-state index in [4.69, 9.17) is 4.42 Å². The SMILES string of the molecule is Cc1oc(C)c(C(=O)N2CCNC(=O)C2)c1Br. The van der Waals surface area contributed by atoms with Crippen molar-refractivity contribution in [2.75, 3.05) is 19.6 Å². The molecule has 2 heterocycles. The van der Waals surface area contributed by atoms with E-state index >= 15 is 0 Å². The maximum absolute atomic E-state index is 12.3. The molecule has 0 saturated carbocycles. The van der Waals surface area contributed by atoms with Crippen LogP contribution in [-0.4, -0.2) is 36.3 Å². The molecule has 1 fully saturated rings. The Labute approximate surface area is 107 Å². The van der Waals surface area contributed by atoms with Crippen molar-refractivity contribution in [2.45, 2.75) is 13.8 Å². The Morgan fingerprint density at radius 1 is 1.41 bits per heavy atom. The van der Waals surface area contributed by atoms with Gasteiger partial charge in [-0.15, -0.1) is 0 Å². The molecular weight excluding hydrogens is 288 g/mol. The molecule has 0 unspecified atom stereocenters. The van der Waals surface area contributed by atoms with Crippen LogP contribution < -0.4 is 5.32 Å². The Kier molecular flexibility index (Phi) is 3.24. The van der Waals surface area contributed by atoms with Crippen molar-refractivity contribution in [3.05, 3.63) is 21.6 Å². The van der Waals surface area contributed by atoms with Gasteiger partial charge in [0.15, 0.2) is 0 Å². The molecule has 2 rings (SSSR count). The number of rotatable bonds is 1. The van der Waals surface area contributed by atoms with Crippen LogP contribution in [0.1, 0.15) is 21.9 Å². The van der Waals surface area contributed by atoms with Gasteiger partial charge in [-0.3, -0.25) is 9.59 Å². The first kappa shape index (κ1) is 12.2. The van der Waals surface area contributed by atoms with Gasteiger partial charge in [-0.05, 0) is 29.8 Å². The number of nitrogens with one attached hydrogen (secondary N) is 1. The molecule has 1 aromatic rings. The molecule has 1 aliphatic rings. The van der Waals surface area contributed by atoms with Crippen LogP contribution in [0.3, 0.4) is 0 Å². The van der Waals surface area contributed by atoms with E-state index in [1.165, 1.54) is 4.90 Å². The second kappa shape index (κ2) is 4.52. The number of furan rings is 1. The standard InChI is InChI=1S/C11H13BrN2O3/c1-6-9(10(12)7(2)17-6)11(16)14-4-3-13-8(15)5-14/h3-5H2,1-2H3,(H,13,15). The zero-order valence-corrected chi connectivity index (χ0v) is 11.3. The van der Waals surface area contributed by atoms with Crippen molar-refractivity contribution in [3.8, 4) is 0 Å². The number of amides is 2. The fourth-order valence-electron chi connectivity index (χ4n) is 1.87. The van der Waals surface area contributed by atoms with Gasteiger partial charge in [-0.2, -0.15) is 0 Å². The number of carbonyl (C=O) groups is 2. The molecule has 0 aliphatic carbocycles. The molecular formula is C11H13BrN2O3. The van der Waals surface area contributed by atoms with Crippen molar-refractivity contribution in [1.29, 1.82) is 0 Å². The molecule has 1 aromatic heterocycles. The average Bonchev–Trinajstić information content (AvgIpc) is 2.52. The molecule has 92 valence electrons. The monoisotopic (exact) mass is 300 g/mol. The smallest absolute Gasteiger partial charge is 0.259 e. The first-order valence-electron chi connectivity index (χ1n) is 5.32. The molecule has 17 heavy (non-hydrogen) atoms. The minimum atomic E-state index is -0.166. The van der Waals surface area contributed by atoms with Crippen molar-refractivity contribution >= 4 is 27.7 Å². The lowest BCUT2D eigenvalue weighted by atomic mass is 10.2. The summed E-state index contributed by atoms with van der Waals surface area (Å²) >= 11 is 3.34. The molecule has 0 atom stereocenters. The fourth-order valence-corrected chi connectivity index (χ4v) is 2.40. The summed E-state index contributed by atoms with van der Waals surface area (Å²) in [5.41, 5.74) is 0.511. The van der Waals surface area contributed by atoms with Gasteiger partial charge >= 0.3 is 0 Å². The third kappa shape index (κ3) is 2.22. The minimum Gasteiger partial charge on any atom is -0.465 e. The van der Waals surface area contributed by atoms with Gasteiger partial charge in [-0.25, -0.2) is 0 Å². The van der Waals surface area contributed by atoms with Crippen molar-refractivity contribution in [2.24, 2.45) is 0 Å². The van der Waals surface area contributed by atoms with Crippen molar-refractivity contribution < 1.29 is 14.0 Å². The zero-order chi connectivity index (χ0) is 12.6. The van der Waals surface area contributed by atoms with Crippen LogP contribution in [0, 0.1) is 13.8 Å². The summed E-state index contributed by atoms with van der Waals surface area (Å²) in [6.45, 7) is 4.67. The Hall–Kier alpha value is -1.30. The van der Waals surface area contributed by atoms with Crippen LogP contribution in [-0.2, 0) is 4.79 Å².